The van der Waals surface area contributed by atoms with E-state index < -0.39 is 23.5 Å². The number of carboxylic acids is 1. The second-order valence-corrected chi connectivity index (χ2v) is 4.48. The average molecular weight is 310 g/mol. The number of carbonyl (C=O) groups is 1. The predicted octanol–water partition coefficient (Wildman–Crippen LogP) is 4.61. The van der Waals surface area contributed by atoms with Crippen molar-refractivity contribution in [2.24, 2.45) is 0 Å². The molecule has 22 heavy (non-hydrogen) atoms. The quantitative estimate of drug-likeness (QED) is 0.664. The van der Waals surface area contributed by atoms with E-state index in [-0.39, 0.29) is 16.7 Å². The maximum atomic E-state index is 13.3. The molecule has 0 spiro atoms. The van der Waals surface area contributed by atoms with Crippen LogP contribution in [0.25, 0.3) is 17.2 Å². The molecule has 0 aliphatic rings. The van der Waals surface area contributed by atoms with E-state index in [1.807, 2.05) is 0 Å². The zero-order valence-corrected chi connectivity index (χ0v) is 11.1. The predicted molar refractivity (Wildman–Crippen MR) is 73.5 cm³/mol. The van der Waals surface area contributed by atoms with E-state index in [1.165, 1.54) is 24.3 Å². The van der Waals surface area contributed by atoms with Gasteiger partial charge >= 0.3 is 12.1 Å². The van der Waals surface area contributed by atoms with Crippen LogP contribution < -0.4 is 0 Å². The summed E-state index contributed by atoms with van der Waals surface area (Å²) in [6, 6.07) is 7.98. The van der Waals surface area contributed by atoms with E-state index in [9.17, 15) is 22.4 Å². The highest BCUT2D eigenvalue weighted by atomic mass is 19.4. The summed E-state index contributed by atoms with van der Waals surface area (Å²) in [4.78, 5) is 10.5. The fraction of sp³-hybridized carbons (Fsp3) is 0.0625. The fourth-order valence-corrected chi connectivity index (χ4v) is 1.98. The molecule has 0 aliphatic carbocycles. The maximum Gasteiger partial charge on any atom is 0.417 e. The summed E-state index contributed by atoms with van der Waals surface area (Å²) in [7, 11) is 0. The number of carboxylic acid groups (broad SMARTS) is 1. The SMILES string of the molecule is O=C(O)/C=C/c1ccc(C(F)(F)F)c(-c2cccc(F)c2)c1. The van der Waals surface area contributed by atoms with Gasteiger partial charge in [-0.2, -0.15) is 13.2 Å². The lowest BCUT2D eigenvalue weighted by Crippen LogP contribution is -2.07. The molecule has 2 aromatic rings. The fourth-order valence-electron chi connectivity index (χ4n) is 1.98. The summed E-state index contributed by atoms with van der Waals surface area (Å²) < 4.78 is 52.5. The van der Waals surface area contributed by atoms with Gasteiger partial charge in [0.25, 0.3) is 0 Å². The molecule has 1 N–H and O–H groups in total. The van der Waals surface area contributed by atoms with Gasteiger partial charge in [-0.3, -0.25) is 0 Å². The van der Waals surface area contributed by atoms with Crippen LogP contribution in [0.1, 0.15) is 11.1 Å². The monoisotopic (exact) mass is 310 g/mol. The van der Waals surface area contributed by atoms with E-state index in [1.54, 1.807) is 0 Å². The van der Waals surface area contributed by atoms with Crippen LogP contribution >= 0.6 is 0 Å². The molecular formula is C16H10F4O2. The van der Waals surface area contributed by atoms with Crippen molar-refractivity contribution in [3.8, 4) is 11.1 Å². The number of rotatable bonds is 3. The molecule has 2 aromatic carbocycles. The zero-order valence-electron chi connectivity index (χ0n) is 11.1. The zero-order chi connectivity index (χ0) is 16.3. The first kappa shape index (κ1) is 15.8. The lowest BCUT2D eigenvalue weighted by molar-refractivity contribution is -0.137. The Balaban J connectivity index is 2.61. The number of hydrogen-bond acceptors (Lipinski definition) is 1. The molecule has 114 valence electrons. The molecule has 0 saturated carbocycles. The minimum absolute atomic E-state index is 0.0675. The van der Waals surface area contributed by atoms with Crippen molar-refractivity contribution in [3.05, 3.63) is 65.5 Å². The summed E-state index contributed by atoms with van der Waals surface area (Å²) in [6.07, 6.45) is -2.61. The summed E-state index contributed by atoms with van der Waals surface area (Å²) in [5, 5.41) is 8.56. The average Bonchev–Trinajstić information content (AvgIpc) is 2.44. The second kappa shape index (κ2) is 6.01. The van der Waals surface area contributed by atoms with E-state index in [0.29, 0.717) is 0 Å². The highest BCUT2D eigenvalue weighted by Crippen LogP contribution is 2.37. The number of alkyl halides is 3. The maximum absolute atomic E-state index is 13.3. The summed E-state index contributed by atoms with van der Waals surface area (Å²) in [5.74, 6) is -1.87. The Kier molecular flexibility index (Phi) is 4.30. The Morgan fingerprint density at radius 1 is 1.09 bits per heavy atom. The summed E-state index contributed by atoms with van der Waals surface area (Å²) in [5.41, 5.74) is -0.780. The van der Waals surface area contributed by atoms with Gasteiger partial charge in [0.05, 0.1) is 5.56 Å². The first-order chi connectivity index (χ1) is 10.3. The first-order valence-corrected chi connectivity index (χ1v) is 6.15. The van der Waals surface area contributed by atoms with Crippen LogP contribution in [-0.2, 0) is 11.0 Å². The van der Waals surface area contributed by atoms with Crippen molar-refractivity contribution in [2.75, 3.05) is 0 Å². The Morgan fingerprint density at radius 3 is 2.41 bits per heavy atom. The molecule has 0 radical (unpaired) electrons. The topological polar surface area (TPSA) is 37.3 Å². The molecule has 0 atom stereocenters. The molecule has 0 saturated heterocycles. The van der Waals surface area contributed by atoms with Gasteiger partial charge in [-0.25, -0.2) is 9.18 Å². The lowest BCUT2D eigenvalue weighted by atomic mass is 9.96. The van der Waals surface area contributed by atoms with Gasteiger partial charge < -0.3 is 5.11 Å². The van der Waals surface area contributed by atoms with Crippen LogP contribution in [0.2, 0.25) is 0 Å². The normalized spacial score (nSPS) is 11.8. The van der Waals surface area contributed by atoms with E-state index >= 15 is 0 Å². The lowest BCUT2D eigenvalue weighted by Gasteiger charge is -2.14. The third kappa shape index (κ3) is 3.72. The third-order valence-corrected chi connectivity index (χ3v) is 2.90. The minimum atomic E-state index is -4.60. The summed E-state index contributed by atoms with van der Waals surface area (Å²) in [6.45, 7) is 0. The van der Waals surface area contributed by atoms with Crippen LogP contribution in [0.3, 0.4) is 0 Å². The second-order valence-electron chi connectivity index (χ2n) is 4.48. The largest absolute Gasteiger partial charge is 0.478 e. The third-order valence-electron chi connectivity index (χ3n) is 2.90. The van der Waals surface area contributed by atoms with Crippen LogP contribution in [0, 0.1) is 5.82 Å². The van der Waals surface area contributed by atoms with Crippen LogP contribution in [0.4, 0.5) is 17.6 Å². The number of halogens is 4. The molecule has 6 heteroatoms. The van der Waals surface area contributed by atoms with Crippen molar-refractivity contribution in [1.29, 1.82) is 0 Å². The molecule has 0 fully saturated rings. The number of aliphatic carboxylic acids is 1. The Morgan fingerprint density at radius 2 is 1.82 bits per heavy atom. The van der Waals surface area contributed by atoms with Crippen molar-refractivity contribution >= 4 is 12.0 Å². The van der Waals surface area contributed by atoms with Crippen molar-refractivity contribution in [1.82, 2.24) is 0 Å². The van der Waals surface area contributed by atoms with Gasteiger partial charge in [0.15, 0.2) is 0 Å². The summed E-state index contributed by atoms with van der Waals surface area (Å²) >= 11 is 0. The minimum Gasteiger partial charge on any atom is -0.478 e. The van der Waals surface area contributed by atoms with E-state index in [4.69, 9.17) is 5.11 Å². The molecule has 0 heterocycles. The smallest absolute Gasteiger partial charge is 0.417 e. The van der Waals surface area contributed by atoms with Crippen LogP contribution in [0.5, 0.6) is 0 Å². The van der Waals surface area contributed by atoms with Crippen molar-refractivity contribution < 1.29 is 27.5 Å². The highest BCUT2D eigenvalue weighted by Gasteiger charge is 2.33. The Labute approximate surface area is 123 Å². The van der Waals surface area contributed by atoms with Crippen LogP contribution in [-0.4, -0.2) is 11.1 Å². The molecule has 0 aromatic heterocycles. The first-order valence-electron chi connectivity index (χ1n) is 6.15. The molecule has 2 nitrogen and oxygen atoms in total. The van der Waals surface area contributed by atoms with Crippen LogP contribution in [0.15, 0.2) is 48.5 Å². The van der Waals surface area contributed by atoms with Gasteiger partial charge in [-0.1, -0.05) is 18.2 Å². The Bertz CT molecular complexity index is 733. The standard InChI is InChI=1S/C16H10F4O2/c17-12-3-1-2-11(9-12)13-8-10(5-7-15(21)22)4-6-14(13)16(18,19)20/h1-9H,(H,21,22)/b7-5+. The van der Waals surface area contributed by atoms with E-state index in [0.717, 1.165) is 30.3 Å². The highest BCUT2D eigenvalue weighted by molar-refractivity contribution is 5.85. The molecule has 0 unspecified atom stereocenters. The molecular weight excluding hydrogens is 300 g/mol. The van der Waals surface area contributed by atoms with Gasteiger partial charge in [0.2, 0.25) is 0 Å². The van der Waals surface area contributed by atoms with Gasteiger partial charge in [0, 0.05) is 6.08 Å². The molecule has 0 aliphatic heterocycles. The molecule has 0 bridgehead atoms. The van der Waals surface area contributed by atoms with E-state index in [2.05, 4.69) is 0 Å². The van der Waals surface area contributed by atoms with Gasteiger partial charge in [-0.15, -0.1) is 0 Å². The van der Waals surface area contributed by atoms with Gasteiger partial charge in [0.1, 0.15) is 5.82 Å². The number of benzene rings is 2. The Hall–Kier alpha value is -2.63. The van der Waals surface area contributed by atoms with Crippen molar-refractivity contribution in [2.45, 2.75) is 6.18 Å². The molecule has 0 amide bonds. The molecule has 2 rings (SSSR count). The van der Waals surface area contributed by atoms with Gasteiger partial charge in [-0.05, 0) is 47.0 Å². The van der Waals surface area contributed by atoms with Crippen molar-refractivity contribution in [3.63, 3.8) is 0 Å². The number of hydrogen-bond donors (Lipinski definition) is 1.